The summed E-state index contributed by atoms with van der Waals surface area (Å²) in [6.07, 6.45) is 3.01. The van der Waals surface area contributed by atoms with Crippen molar-refractivity contribution < 1.29 is 19.1 Å². The first kappa shape index (κ1) is 18.0. The van der Waals surface area contributed by atoms with Gasteiger partial charge in [0.1, 0.15) is 17.9 Å². The molecule has 2 aromatic rings. The summed E-state index contributed by atoms with van der Waals surface area (Å²) in [5.41, 5.74) is 1.97. The summed E-state index contributed by atoms with van der Waals surface area (Å²) >= 11 is 0. The van der Waals surface area contributed by atoms with Crippen molar-refractivity contribution in [2.45, 2.75) is 32.7 Å². The summed E-state index contributed by atoms with van der Waals surface area (Å²) in [5, 5.41) is 12.0. The molecule has 6 nitrogen and oxygen atoms in total. The highest BCUT2D eigenvalue weighted by atomic mass is 16.4. The maximum atomic E-state index is 11.8. The van der Waals surface area contributed by atoms with Crippen molar-refractivity contribution in [2.75, 3.05) is 20.1 Å². The van der Waals surface area contributed by atoms with Crippen molar-refractivity contribution in [2.24, 2.45) is 0 Å². The van der Waals surface area contributed by atoms with Gasteiger partial charge in [0.2, 0.25) is 5.91 Å². The quantitative estimate of drug-likeness (QED) is 0.737. The van der Waals surface area contributed by atoms with Crippen LogP contribution in [0.3, 0.4) is 0 Å². The van der Waals surface area contributed by atoms with E-state index in [0.29, 0.717) is 6.54 Å². The molecule has 1 heterocycles. The number of nitrogens with zero attached hydrogens (tertiary/aromatic N) is 1. The van der Waals surface area contributed by atoms with Crippen molar-refractivity contribution in [3.05, 3.63) is 35.6 Å². The number of hydrogen-bond donors (Lipinski definition) is 2. The highest BCUT2D eigenvalue weighted by Gasteiger charge is 2.16. The molecule has 1 aromatic carbocycles. The molecular weight excluding hydrogens is 308 g/mol. The Bertz CT molecular complexity index is 708. The summed E-state index contributed by atoms with van der Waals surface area (Å²) in [6, 6.07) is 7.91. The SMILES string of the molecule is CCCCc1oc2ccccc2c1CN(C)CC(=O)NCC(=O)O. The topological polar surface area (TPSA) is 82.8 Å². The number of nitrogens with one attached hydrogen (secondary N) is 1. The number of para-hydroxylation sites is 1. The predicted molar refractivity (Wildman–Crippen MR) is 91.8 cm³/mol. The molecule has 0 saturated carbocycles. The lowest BCUT2D eigenvalue weighted by molar-refractivity contribution is -0.138. The van der Waals surface area contributed by atoms with Crippen LogP contribution in [0.25, 0.3) is 11.0 Å². The molecule has 0 radical (unpaired) electrons. The van der Waals surface area contributed by atoms with E-state index in [2.05, 4.69) is 12.2 Å². The molecular formula is C18H24N2O4. The number of aryl methyl sites for hydroxylation is 1. The maximum Gasteiger partial charge on any atom is 0.322 e. The second kappa shape index (κ2) is 8.49. The zero-order valence-corrected chi connectivity index (χ0v) is 14.2. The molecule has 2 N–H and O–H groups in total. The number of hydrogen-bond acceptors (Lipinski definition) is 4. The fraction of sp³-hybridized carbons (Fsp3) is 0.444. The van der Waals surface area contributed by atoms with E-state index in [1.807, 2.05) is 36.2 Å². The minimum absolute atomic E-state index is 0.139. The normalized spacial score (nSPS) is 11.1. The third kappa shape index (κ3) is 4.83. The number of carboxylic acid groups (broad SMARTS) is 1. The molecule has 0 aliphatic rings. The van der Waals surface area contributed by atoms with Gasteiger partial charge in [0, 0.05) is 23.9 Å². The first-order chi connectivity index (χ1) is 11.5. The lowest BCUT2D eigenvalue weighted by atomic mass is 10.1. The van der Waals surface area contributed by atoms with Gasteiger partial charge in [0.25, 0.3) is 0 Å². The Morgan fingerprint density at radius 1 is 1.29 bits per heavy atom. The molecule has 1 aromatic heterocycles. The van der Waals surface area contributed by atoms with Gasteiger partial charge in [0.15, 0.2) is 0 Å². The molecule has 0 fully saturated rings. The van der Waals surface area contributed by atoms with Gasteiger partial charge < -0.3 is 14.8 Å². The molecule has 0 bridgehead atoms. The van der Waals surface area contributed by atoms with Gasteiger partial charge in [-0.15, -0.1) is 0 Å². The molecule has 1 amide bonds. The summed E-state index contributed by atoms with van der Waals surface area (Å²) in [7, 11) is 1.84. The largest absolute Gasteiger partial charge is 0.480 e. The Morgan fingerprint density at radius 2 is 2.04 bits per heavy atom. The van der Waals surface area contributed by atoms with Crippen LogP contribution in [0.1, 0.15) is 31.1 Å². The summed E-state index contributed by atoms with van der Waals surface area (Å²) in [6.45, 7) is 2.50. The summed E-state index contributed by atoms with van der Waals surface area (Å²) in [5.74, 6) is -0.382. The molecule has 0 spiro atoms. The van der Waals surface area contributed by atoms with E-state index in [4.69, 9.17) is 9.52 Å². The van der Waals surface area contributed by atoms with E-state index >= 15 is 0 Å². The minimum Gasteiger partial charge on any atom is -0.480 e. The Kier molecular flexibility index (Phi) is 6.37. The van der Waals surface area contributed by atoms with Gasteiger partial charge in [-0.2, -0.15) is 0 Å². The second-order valence-corrected chi connectivity index (χ2v) is 5.95. The van der Waals surface area contributed by atoms with Crippen LogP contribution in [0.4, 0.5) is 0 Å². The lowest BCUT2D eigenvalue weighted by Gasteiger charge is -2.16. The number of likely N-dealkylation sites (N-methyl/N-ethyl adjacent to an activating group) is 1. The molecule has 0 aliphatic heterocycles. The number of carboxylic acids is 1. The molecule has 0 aliphatic carbocycles. The van der Waals surface area contributed by atoms with Crippen LogP contribution in [0.15, 0.2) is 28.7 Å². The zero-order valence-electron chi connectivity index (χ0n) is 14.2. The van der Waals surface area contributed by atoms with E-state index in [1.165, 1.54) is 0 Å². The van der Waals surface area contributed by atoms with Gasteiger partial charge in [0.05, 0.1) is 6.54 Å². The van der Waals surface area contributed by atoms with Crippen LogP contribution >= 0.6 is 0 Å². The van der Waals surface area contributed by atoms with Gasteiger partial charge in [-0.3, -0.25) is 14.5 Å². The number of carbonyl (C=O) groups is 2. The highest BCUT2D eigenvalue weighted by Crippen LogP contribution is 2.28. The number of furan rings is 1. The Hall–Kier alpha value is -2.34. The number of benzene rings is 1. The smallest absolute Gasteiger partial charge is 0.322 e. The van der Waals surface area contributed by atoms with Crippen molar-refractivity contribution >= 4 is 22.8 Å². The fourth-order valence-electron chi connectivity index (χ4n) is 2.66. The monoisotopic (exact) mass is 332 g/mol. The predicted octanol–water partition coefficient (Wildman–Crippen LogP) is 2.41. The minimum atomic E-state index is -1.05. The average molecular weight is 332 g/mol. The molecule has 0 atom stereocenters. The number of aliphatic carboxylic acids is 1. The maximum absolute atomic E-state index is 11.8. The fourth-order valence-corrected chi connectivity index (χ4v) is 2.66. The number of unbranched alkanes of at least 4 members (excludes halogenated alkanes) is 1. The van der Waals surface area contributed by atoms with Crippen molar-refractivity contribution in [1.82, 2.24) is 10.2 Å². The third-order valence-electron chi connectivity index (χ3n) is 3.82. The van der Waals surface area contributed by atoms with Crippen molar-refractivity contribution in [3.8, 4) is 0 Å². The van der Waals surface area contributed by atoms with Gasteiger partial charge in [-0.25, -0.2) is 0 Å². The molecule has 0 saturated heterocycles. The van der Waals surface area contributed by atoms with Crippen LogP contribution in [0.5, 0.6) is 0 Å². The van der Waals surface area contributed by atoms with E-state index in [9.17, 15) is 9.59 Å². The van der Waals surface area contributed by atoms with Crippen LogP contribution < -0.4 is 5.32 Å². The van der Waals surface area contributed by atoms with Crippen molar-refractivity contribution in [3.63, 3.8) is 0 Å². The van der Waals surface area contributed by atoms with E-state index < -0.39 is 5.97 Å². The zero-order chi connectivity index (χ0) is 17.5. The van der Waals surface area contributed by atoms with Crippen LogP contribution in [0.2, 0.25) is 0 Å². The lowest BCUT2D eigenvalue weighted by Crippen LogP contribution is -2.37. The first-order valence-electron chi connectivity index (χ1n) is 8.17. The molecule has 6 heteroatoms. The van der Waals surface area contributed by atoms with Gasteiger partial charge >= 0.3 is 5.97 Å². The van der Waals surface area contributed by atoms with E-state index in [1.54, 1.807) is 0 Å². The molecule has 2 rings (SSSR count). The Labute approximate surface area is 141 Å². The summed E-state index contributed by atoms with van der Waals surface area (Å²) in [4.78, 5) is 24.1. The molecule has 0 unspecified atom stereocenters. The van der Waals surface area contributed by atoms with Gasteiger partial charge in [-0.05, 0) is 19.5 Å². The Morgan fingerprint density at radius 3 is 2.75 bits per heavy atom. The van der Waals surface area contributed by atoms with E-state index in [-0.39, 0.29) is 19.0 Å². The van der Waals surface area contributed by atoms with E-state index in [0.717, 1.165) is 41.6 Å². The van der Waals surface area contributed by atoms with Crippen LogP contribution in [-0.4, -0.2) is 42.0 Å². The number of fused-ring (bicyclic) bond motifs is 1. The number of amides is 1. The third-order valence-corrected chi connectivity index (χ3v) is 3.82. The van der Waals surface area contributed by atoms with Crippen LogP contribution in [-0.2, 0) is 22.6 Å². The Balaban J connectivity index is 2.09. The van der Waals surface area contributed by atoms with Gasteiger partial charge in [-0.1, -0.05) is 31.5 Å². The number of carbonyl (C=O) groups excluding carboxylic acids is 1. The molecule has 130 valence electrons. The standard InChI is InChI=1S/C18H24N2O4/c1-3-4-8-16-14(13-7-5-6-9-15(13)24-16)11-20(2)12-17(21)19-10-18(22)23/h5-7,9H,3-4,8,10-12H2,1-2H3,(H,19,21)(H,22,23). The molecule has 24 heavy (non-hydrogen) atoms. The highest BCUT2D eigenvalue weighted by molar-refractivity contribution is 5.83. The van der Waals surface area contributed by atoms with Crippen LogP contribution in [0, 0.1) is 0 Å². The van der Waals surface area contributed by atoms with Crippen molar-refractivity contribution in [1.29, 1.82) is 0 Å². The number of rotatable bonds is 9. The average Bonchev–Trinajstić information content (AvgIpc) is 2.88. The second-order valence-electron chi connectivity index (χ2n) is 5.95. The first-order valence-corrected chi connectivity index (χ1v) is 8.17. The summed E-state index contributed by atoms with van der Waals surface area (Å²) < 4.78 is 5.98.